The van der Waals surface area contributed by atoms with Crippen LogP contribution < -0.4 is 5.32 Å². The minimum atomic E-state index is -0.889. The van der Waals surface area contributed by atoms with E-state index in [1.165, 1.54) is 11.1 Å². The van der Waals surface area contributed by atoms with Crippen LogP contribution in [0.2, 0.25) is 0 Å². The summed E-state index contributed by atoms with van der Waals surface area (Å²) in [4.78, 5) is 12.7. The molecule has 2 N–H and O–H groups in total. The normalized spacial score (nSPS) is 22.3. The number of nitrogens with one attached hydrogen (secondary N) is 1. The standard InChI is InChI=1S/C23H25NO2/c1-15(2)11-23(14-19-16(3)7-6-10-20(19)24-23)22(21(25)26)12-17-8-4-5-9-18(17)13-22/h4-11,24H,12-14H2,1-3H3,(H,25,26). The van der Waals surface area contributed by atoms with Crippen molar-refractivity contribution in [3.8, 4) is 0 Å². The van der Waals surface area contributed by atoms with Crippen molar-refractivity contribution < 1.29 is 9.90 Å². The molecule has 2 aromatic carbocycles. The van der Waals surface area contributed by atoms with Gasteiger partial charge in [0.05, 0.1) is 5.54 Å². The molecule has 2 aliphatic rings. The lowest BCUT2D eigenvalue weighted by molar-refractivity contribution is -0.151. The summed E-state index contributed by atoms with van der Waals surface area (Å²) in [6.45, 7) is 6.21. The Balaban J connectivity index is 1.89. The van der Waals surface area contributed by atoms with E-state index in [9.17, 15) is 9.90 Å². The molecule has 0 spiro atoms. The molecule has 0 saturated carbocycles. The van der Waals surface area contributed by atoms with Crippen molar-refractivity contribution >= 4 is 11.7 Å². The minimum Gasteiger partial charge on any atom is -0.481 e. The van der Waals surface area contributed by atoms with Crippen molar-refractivity contribution in [1.82, 2.24) is 0 Å². The maximum Gasteiger partial charge on any atom is 0.313 e. The van der Waals surface area contributed by atoms with E-state index < -0.39 is 16.9 Å². The Morgan fingerprint density at radius 2 is 1.69 bits per heavy atom. The predicted octanol–water partition coefficient (Wildman–Crippen LogP) is 4.54. The molecule has 0 aromatic heterocycles. The zero-order valence-corrected chi connectivity index (χ0v) is 15.6. The van der Waals surface area contributed by atoms with Gasteiger partial charge in [-0.3, -0.25) is 4.79 Å². The molecule has 0 amide bonds. The van der Waals surface area contributed by atoms with Crippen LogP contribution in [0.15, 0.2) is 54.1 Å². The second-order valence-corrected chi connectivity index (χ2v) is 8.11. The van der Waals surface area contributed by atoms with E-state index in [4.69, 9.17) is 0 Å². The van der Waals surface area contributed by atoms with Crippen LogP contribution in [0.5, 0.6) is 0 Å². The molecule has 26 heavy (non-hydrogen) atoms. The van der Waals surface area contributed by atoms with Crippen molar-refractivity contribution in [2.75, 3.05) is 5.32 Å². The van der Waals surface area contributed by atoms with Gasteiger partial charge in [0.2, 0.25) is 0 Å². The van der Waals surface area contributed by atoms with Gasteiger partial charge in [-0.1, -0.05) is 48.0 Å². The fourth-order valence-electron chi connectivity index (χ4n) is 4.90. The molecule has 0 fully saturated rings. The summed E-state index contributed by atoms with van der Waals surface area (Å²) < 4.78 is 0. The molecule has 4 rings (SSSR count). The molecule has 0 bridgehead atoms. The van der Waals surface area contributed by atoms with Crippen molar-refractivity contribution in [3.63, 3.8) is 0 Å². The molecule has 0 radical (unpaired) electrons. The molecule has 3 heteroatoms. The molecule has 1 aliphatic heterocycles. The Bertz CT molecular complexity index is 899. The van der Waals surface area contributed by atoms with Crippen molar-refractivity contribution in [2.45, 2.75) is 45.6 Å². The summed E-state index contributed by atoms with van der Waals surface area (Å²) in [5.41, 5.74) is 5.47. The van der Waals surface area contributed by atoms with Crippen LogP contribution in [-0.4, -0.2) is 16.6 Å². The lowest BCUT2D eigenvalue weighted by Crippen LogP contribution is -2.57. The quantitative estimate of drug-likeness (QED) is 0.802. The van der Waals surface area contributed by atoms with E-state index in [0.717, 1.165) is 22.4 Å². The zero-order chi connectivity index (χ0) is 18.5. The van der Waals surface area contributed by atoms with Gasteiger partial charge < -0.3 is 10.4 Å². The fourth-order valence-corrected chi connectivity index (χ4v) is 4.90. The third-order valence-electron chi connectivity index (χ3n) is 6.12. The number of carbonyl (C=O) groups is 1. The summed E-state index contributed by atoms with van der Waals surface area (Å²) in [6.07, 6.45) is 3.98. The number of allylic oxidation sites excluding steroid dienone is 1. The van der Waals surface area contributed by atoms with E-state index in [0.29, 0.717) is 19.3 Å². The Morgan fingerprint density at radius 1 is 1.04 bits per heavy atom. The number of rotatable bonds is 3. The molecular weight excluding hydrogens is 322 g/mol. The Hall–Kier alpha value is -2.55. The number of hydrogen-bond acceptors (Lipinski definition) is 2. The highest BCUT2D eigenvalue weighted by Crippen LogP contribution is 2.52. The van der Waals surface area contributed by atoms with E-state index in [1.54, 1.807) is 0 Å². The Labute approximate surface area is 154 Å². The third-order valence-corrected chi connectivity index (χ3v) is 6.12. The number of carboxylic acid groups (broad SMARTS) is 1. The van der Waals surface area contributed by atoms with Gasteiger partial charge in [-0.15, -0.1) is 0 Å². The van der Waals surface area contributed by atoms with Crippen LogP contribution >= 0.6 is 0 Å². The largest absolute Gasteiger partial charge is 0.481 e. The molecule has 2 aromatic rings. The maximum atomic E-state index is 12.7. The van der Waals surface area contributed by atoms with E-state index in [1.807, 2.05) is 18.2 Å². The molecule has 0 saturated heterocycles. The van der Waals surface area contributed by atoms with E-state index in [2.05, 4.69) is 56.4 Å². The fraction of sp³-hybridized carbons (Fsp3) is 0.348. The van der Waals surface area contributed by atoms with Crippen molar-refractivity contribution in [2.24, 2.45) is 5.41 Å². The molecule has 1 heterocycles. The lowest BCUT2D eigenvalue weighted by atomic mass is 9.65. The number of aryl methyl sites for hydroxylation is 1. The van der Waals surface area contributed by atoms with E-state index in [-0.39, 0.29) is 0 Å². The zero-order valence-electron chi connectivity index (χ0n) is 15.6. The van der Waals surface area contributed by atoms with Gasteiger partial charge in [0, 0.05) is 12.1 Å². The number of aliphatic carboxylic acids is 1. The average Bonchev–Trinajstić information content (AvgIpc) is 3.15. The first-order chi connectivity index (χ1) is 12.4. The Morgan fingerprint density at radius 3 is 2.23 bits per heavy atom. The van der Waals surface area contributed by atoms with Crippen LogP contribution in [0.25, 0.3) is 0 Å². The first kappa shape index (κ1) is 16.9. The third kappa shape index (κ3) is 2.30. The number of carboxylic acids is 1. The molecular formula is C23H25NO2. The van der Waals surface area contributed by atoms with Crippen molar-refractivity contribution in [1.29, 1.82) is 0 Å². The summed E-state index contributed by atoms with van der Waals surface area (Å²) >= 11 is 0. The van der Waals surface area contributed by atoms with Gasteiger partial charge in [-0.25, -0.2) is 0 Å². The number of benzene rings is 2. The van der Waals surface area contributed by atoms with Gasteiger partial charge in [-0.2, -0.15) is 0 Å². The maximum absolute atomic E-state index is 12.7. The van der Waals surface area contributed by atoms with Gasteiger partial charge in [0.1, 0.15) is 5.41 Å². The first-order valence-electron chi connectivity index (χ1n) is 9.20. The average molecular weight is 347 g/mol. The minimum absolute atomic E-state index is 0.558. The molecule has 1 unspecified atom stereocenters. The summed E-state index contributed by atoms with van der Waals surface area (Å²) in [5, 5.41) is 14.1. The van der Waals surface area contributed by atoms with Crippen LogP contribution in [0, 0.1) is 12.3 Å². The van der Waals surface area contributed by atoms with Gasteiger partial charge in [0.15, 0.2) is 0 Å². The summed E-state index contributed by atoms with van der Waals surface area (Å²) in [7, 11) is 0. The summed E-state index contributed by atoms with van der Waals surface area (Å²) in [6, 6.07) is 14.4. The van der Waals surface area contributed by atoms with Crippen LogP contribution in [0.1, 0.15) is 36.1 Å². The van der Waals surface area contributed by atoms with Crippen molar-refractivity contribution in [3.05, 3.63) is 76.4 Å². The van der Waals surface area contributed by atoms with E-state index >= 15 is 0 Å². The van der Waals surface area contributed by atoms with Crippen LogP contribution in [0.3, 0.4) is 0 Å². The van der Waals surface area contributed by atoms with Gasteiger partial charge in [-0.05, 0) is 61.9 Å². The predicted molar refractivity (Wildman–Crippen MR) is 105 cm³/mol. The molecule has 1 aliphatic carbocycles. The highest BCUT2D eigenvalue weighted by molar-refractivity contribution is 5.83. The first-order valence-corrected chi connectivity index (χ1v) is 9.20. The van der Waals surface area contributed by atoms with Crippen LogP contribution in [0.4, 0.5) is 5.69 Å². The molecule has 134 valence electrons. The highest BCUT2D eigenvalue weighted by atomic mass is 16.4. The lowest BCUT2D eigenvalue weighted by Gasteiger charge is -2.42. The number of anilines is 1. The second kappa shape index (κ2) is 5.73. The highest BCUT2D eigenvalue weighted by Gasteiger charge is 2.60. The van der Waals surface area contributed by atoms with Crippen LogP contribution in [-0.2, 0) is 24.1 Å². The van der Waals surface area contributed by atoms with Gasteiger partial charge in [0.25, 0.3) is 0 Å². The number of hydrogen-bond donors (Lipinski definition) is 2. The summed E-state index contributed by atoms with van der Waals surface area (Å²) in [5.74, 6) is -0.718. The SMILES string of the molecule is CC(C)=CC1(C2(C(=O)O)Cc3ccccc3C2)Cc2c(C)cccc2N1. The monoisotopic (exact) mass is 347 g/mol. The molecule has 3 nitrogen and oxygen atoms in total. The molecule has 1 atom stereocenters. The number of fused-ring (bicyclic) bond motifs is 2. The second-order valence-electron chi connectivity index (χ2n) is 8.11. The van der Waals surface area contributed by atoms with Gasteiger partial charge >= 0.3 is 5.97 Å². The topological polar surface area (TPSA) is 49.3 Å². The smallest absolute Gasteiger partial charge is 0.313 e. The Kier molecular flexibility index (Phi) is 3.72.